The smallest absolute Gasteiger partial charge is 0.407 e. The number of imidazole rings is 1. The van der Waals surface area contributed by atoms with Gasteiger partial charge < -0.3 is 19.4 Å². The number of amides is 1. The molecule has 1 aromatic heterocycles. The zero-order valence-electron chi connectivity index (χ0n) is 26.2. The van der Waals surface area contributed by atoms with Crippen molar-refractivity contribution in [2.24, 2.45) is 0 Å². The van der Waals surface area contributed by atoms with Gasteiger partial charge in [0.1, 0.15) is 17.1 Å². The summed E-state index contributed by atoms with van der Waals surface area (Å²) in [4.78, 5) is 36.1. The van der Waals surface area contributed by atoms with Crippen LogP contribution in [0.4, 0.5) is 10.5 Å². The number of aromatic nitrogens is 2. The normalized spacial score (nSPS) is 15.2. The summed E-state index contributed by atoms with van der Waals surface area (Å²) in [6.07, 6.45) is 5.46. The second-order valence-electron chi connectivity index (χ2n) is 12.5. The maximum absolute atomic E-state index is 13.5. The Labute approximate surface area is 264 Å². The summed E-state index contributed by atoms with van der Waals surface area (Å²) < 4.78 is 13.4. The molecular formula is C36H39N5O4. The minimum atomic E-state index is -0.543. The Bertz CT molecular complexity index is 1700. The molecule has 232 valence electrons. The van der Waals surface area contributed by atoms with Crippen LogP contribution in [-0.2, 0) is 17.7 Å². The molecule has 45 heavy (non-hydrogen) atoms. The average molecular weight is 606 g/mol. The Kier molecular flexibility index (Phi) is 9.65. The van der Waals surface area contributed by atoms with Gasteiger partial charge in [-0.3, -0.25) is 9.69 Å². The minimum Gasteiger partial charge on any atom is -0.457 e. The highest BCUT2D eigenvalue weighted by molar-refractivity contribution is 5.98. The molecule has 0 bridgehead atoms. The first-order chi connectivity index (χ1) is 21.5. The number of carbonyl (C=O) groups excluding carboxylic acids is 2. The molecule has 9 heteroatoms. The lowest BCUT2D eigenvalue weighted by Crippen LogP contribution is -2.48. The van der Waals surface area contributed by atoms with E-state index in [0.717, 1.165) is 48.4 Å². The first-order valence-electron chi connectivity index (χ1n) is 15.2. The molecular weight excluding hydrogens is 566 g/mol. The van der Waals surface area contributed by atoms with Crippen LogP contribution in [-0.4, -0.2) is 51.1 Å². The van der Waals surface area contributed by atoms with Crippen LogP contribution in [0.5, 0.6) is 11.5 Å². The summed E-state index contributed by atoms with van der Waals surface area (Å²) in [5, 5.41) is 3.03. The van der Waals surface area contributed by atoms with Gasteiger partial charge in [-0.2, -0.15) is 0 Å². The maximum Gasteiger partial charge on any atom is 0.407 e. The second kappa shape index (κ2) is 13.8. The molecule has 1 fully saturated rings. The van der Waals surface area contributed by atoms with Gasteiger partial charge in [-0.25, -0.2) is 14.6 Å². The topological polar surface area (TPSA) is 90.0 Å². The van der Waals surface area contributed by atoms with E-state index in [1.807, 2.05) is 56.7 Å². The molecule has 0 saturated carbocycles. The number of likely N-dealkylation sites (tertiary alicyclic amines) is 1. The van der Waals surface area contributed by atoms with Crippen molar-refractivity contribution in [1.82, 2.24) is 19.8 Å². The number of hydrogen-bond donors (Lipinski definition) is 1. The van der Waals surface area contributed by atoms with Gasteiger partial charge >= 0.3 is 6.09 Å². The zero-order chi connectivity index (χ0) is 32.0. The molecule has 0 radical (unpaired) electrons. The summed E-state index contributed by atoms with van der Waals surface area (Å²) in [5.74, 6) is 1.13. The van der Waals surface area contributed by atoms with E-state index in [-0.39, 0.29) is 24.3 Å². The Morgan fingerprint density at radius 1 is 1.04 bits per heavy atom. The Morgan fingerprint density at radius 3 is 2.53 bits per heavy atom. The van der Waals surface area contributed by atoms with Crippen LogP contribution in [0.25, 0.3) is 10.5 Å². The predicted octanol–water partition coefficient (Wildman–Crippen LogP) is 7.44. The van der Waals surface area contributed by atoms with E-state index in [2.05, 4.69) is 32.2 Å². The molecule has 9 nitrogen and oxygen atoms in total. The molecule has 1 atom stereocenters. The summed E-state index contributed by atoms with van der Waals surface area (Å²) in [6, 6.07) is 20.3. The quantitative estimate of drug-likeness (QED) is 0.158. The maximum atomic E-state index is 13.5. The number of Topliss-reactive ketones (excluding diaryl/α,β-unsaturated/α-hetero) is 1. The number of nitrogens with zero attached hydrogens (tertiary/aromatic N) is 4. The molecule has 1 saturated heterocycles. The molecule has 1 aliphatic heterocycles. The number of alkyl carbamates (subject to hydrolysis) is 1. The van der Waals surface area contributed by atoms with Crippen LogP contribution in [0.15, 0.2) is 79.3 Å². The molecule has 3 aromatic carbocycles. The fraction of sp³-hybridized carbons (Fsp3) is 0.333. The van der Waals surface area contributed by atoms with Gasteiger partial charge in [0.25, 0.3) is 0 Å². The highest BCUT2D eigenvalue weighted by atomic mass is 16.6. The first kappa shape index (κ1) is 31.5. The van der Waals surface area contributed by atoms with E-state index in [1.54, 1.807) is 42.7 Å². The van der Waals surface area contributed by atoms with Crippen LogP contribution in [0.2, 0.25) is 0 Å². The van der Waals surface area contributed by atoms with Crippen molar-refractivity contribution in [2.75, 3.05) is 13.1 Å². The van der Waals surface area contributed by atoms with Crippen molar-refractivity contribution in [3.8, 4) is 17.2 Å². The standard InChI is InChI=1S/C36H39N5O4/c1-25-21-41(24-38-25)31-17-26(16-27(18-31)22-40-15-7-9-30(23-40)39-35(43)45-36(2,3)4)19-34(42)28-8-6-10-33(20-28)44-32-13-11-29(37-5)12-14-32/h6,8,10-14,16-18,20-21,24,30H,7,9,15,19,22-23H2,1-4H3,(H,39,43)/t30-/m0/s1. The number of rotatable bonds is 9. The van der Waals surface area contributed by atoms with E-state index in [9.17, 15) is 9.59 Å². The second-order valence-corrected chi connectivity index (χ2v) is 12.5. The predicted molar refractivity (Wildman–Crippen MR) is 173 cm³/mol. The molecule has 1 amide bonds. The van der Waals surface area contributed by atoms with Crippen LogP contribution in [0.1, 0.15) is 60.8 Å². The molecule has 1 N–H and O–H groups in total. The summed E-state index contributed by atoms with van der Waals surface area (Å²) in [6.45, 7) is 17.0. The van der Waals surface area contributed by atoms with Crippen molar-refractivity contribution < 1.29 is 19.1 Å². The molecule has 0 spiro atoms. The van der Waals surface area contributed by atoms with Crippen molar-refractivity contribution in [1.29, 1.82) is 0 Å². The van der Waals surface area contributed by atoms with Gasteiger partial charge in [0.15, 0.2) is 11.5 Å². The molecule has 1 aliphatic rings. The average Bonchev–Trinajstić information content (AvgIpc) is 3.43. The number of hydrogen-bond acceptors (Lipinski definition) is 6. The van der Waals surface area contributed by atoms with Gasteiger partial charge in [-0.1, -0.05) is 30.3 Å². The van der Waals surface area contributed by atoms with Crippen molar-refractivity contribution in [2.45, 2.75) is 65.1 Å². The number of ether oxygens (including phenoxy) is 2. The Balaban J connectivity index is 1.31. The van der Waals surface area contributed by atoms with Gasteiger partial charge in [-0.05, 0) is 94.6 Å². The fourth-order valence-electron chi connectivity index (χ4n) is 5.44. The van der Waals surface area contributed by atoms with E-state index in [0.29, 0.717) is 29.3 Å². The molecule has 0 unspecified atom stereocenters. The number of piperidine rings is 1. The van der Waals surface area contributed by atoms with E-state index in [4.69, 9.17) is 16.0 Å². The third-order valence-corrected chi connectivity index (χ3v) is 7.40. The van der Waals surface area contributed by atoms with Crippen molar-refractivity contribution in [3.05, 3.63) is 113 Å². The SMILES string of the molecule is [C-]#[N+]c1ccc(Oc2cccc(C(=O)Cc3cc(CN4CCC[C@H](NC(=O)OC(C)(C)C)C4)cc(-n4cnc(C)c4)c3)c2)cc1. The lowest BCUT2D eigenvalue weighted by atomic mass is 9.99. The number of ketones is 1. The largest absolute Gasteiger partial charge is 0.457 e. The third-order valence-electron chi connectivity index (χ3n) is 7.40. The minimum absolute atomic E-state index is 0.00855. The van der Waals surface area contributed by atoms with Crippen LogP contribution >= 0.6 is 0 Å². The fourth-order valence-corrected chi connectivity index (χ4v) is 5.44. The van der Waals surface area contributed by atoms with Crippen molar-refractivity contribution >= 4 is 17.6 Å². The Hall–Kier alpha value is -4.94. The highest BCUT2D eigenvalue weighted by Gasteiger charge is 2.24. The first-order valence-corrected chi connectivity index (χ1v) is 15.2. The molecule has 5 rings (SSSR count). The van der Waals surface area contributed by atoms with E-state index in [1.165, 1.54) is 0 Å². The molecule has 2 heterocycles. The monoisotopic (exact) mass is 605 g/mol. The number of nitrogens with one attached hydrogen (secondary N) is 1. The lowest BCUT2D eigenvalue weighted by Gasteiger charge is -2.33. The summed E-state index contributed by atoms with van der Waals surface area (Å²) >= 11 is 0. The number of carbonyl (C=O) groups is 2. The van der Waals surface area contributed by atoms with E-state index >= 15 is 0 Å². The summed E-state index contributed by atoms with van der Waals surface area (Å²) in [5.41, 5.74) is 4.39. The summed E-state index contributed by atoms with van der Waals surface area (Å²) in [7, 11) is 0. The third kappa shape index (κ3) is 9.03. The number of aryl methyl sites for hydroxylation is 1. The number of benzene rings is 3. The van der Waals surface area contributed by atoms with E-state index < -0.39 is 5.60 Å². The lowest BCUT2D eigenvalue weighted by molar-refractivity contribution is 0.0470. The zero-order valence-corrected chi connectivity index (χ0v) is 26.2. The van der Waals surface area contributed by atoms with Gasteiger partial charge in [0.2, 0.25) is 0 Å². The Morgan fingerprint density at radius 2 is 1.82 bits per heavy atom. The molecule has 4 aromatic rings. The van der Waals surface area contributed by atoms with Gasteiger partial charge in [0.05, 0.1) is 18.6 Å². The highest BCUT2D eigenvalue weighted by Crippen LogP contribution is 2.26. The molecule has 0 aliphatic carbocycles. The van der Waals surface area contributed by atoms with Gasteiger partial charge in [-0.15, -0.1) is 0 Å². The van der Waals surface area contributed by atoms with Gasteiger partial charge in [0, 0.05) is 43.0 Å². The van der Waals surface area contributed by atoms with Crippen LogP contribution in [0, 0.1) is 13.5 Å². The van der Waals surface area contributed by atoms with Crippen molar-refractivity contribution in [3.63, 3.8) is 0 Å². The van der Waals surface area contributed by atoms with Crippen LogP contribution in [0.3, 0.4) is 0 Å². The van der Waals surface area contributed by atoms with Crippen LogP contribution < -0.4 is 10.1 Å².